The van der Waals surface area contributed by atoms with Gasteiger partial charge in [0, 0.05) is 0 Å². The quantitative estimate of drug-likeness (QED) is 0.0198. The molecule has 0 rings (SSSR count). The predicted molar refractivity (Wildman–Crippen MR) is 214 cm³/mol. The summed E-state index contributed by atoms with van der Waals surface area (Å²) in [6.07, 6.45) is 49.4. The molecular weight excluding hydrogens is 713 g/mol. The Balaban J connectivity index is -0.000000886. The second-order valence-electron chi connectivity index (χ2n) is 13.9. The van der Waals surface area contributed by atoms with Crippen molar-refractivity contribution in [1.29, 1.82) is 0 Å². The summed E-state index contributed by atoms with van der Waals surface area (Å²) in [4.78, 5) is 0. The Hall–Kier alpha value is 0.160. The van der Waals surface area contributed by atoms with Gasteiger partial charge >= 0.3 is 37.7 Å². The molecule has 0 fully saturated rings. The van der Waals surface area contributed by atoms with Crippen molar-refractivity contribution in [2.75, 3.05) is 0 Å². The third-order valence-electron chi connectivity index (χ3n) is 8.99. The second-order valence-corrected chi connectivity index (χ2v) is 16.0. The molecule has 0 aliphatic rings. The van der Waals surface area contributed by atoms with Crippen molar-refractivity contribution < 1.29 is 34.3 Å². The van der Waals surface area contributed by atoms with Crippen molar-refractivity contribution in [3.05, 3.63) is 24.7 Å². The number of unbranched alkanes of at least 4 members (excludes halogenated alkanes) is 32. The van der Waals surface area contributed by atoms with E-state index in [4.69, 9.17) is 0 Å². The van der Waals surface area contributed by atoms with Crippen molar-refractivity contribution in [2.45, 2.75) is 232 Å². The Kier molecular flexibility index (Phi) is 48.5. The minimum atomic E-state index is -4.58. The van der Waals surface area contributed by atoms with Crippen LogP contribution < -0.4 is 0 Å². The summed E-state index contributed by atoms with van der Waals surface area (Å²) in [5.74, 6) is 0. The van der Waals surface area contributed by atoms with Crippen LogP contribution in [0, 0.1) is 0 Å². The average Bonchev–Trinajstić information content (AvgIpc) is 3.06. The molecule has 0 aromatic carbocycles. The average molecular weight is 791 g/mol. The molecule has 0 saturated heterocycles. The summed E-state index contributed by atoms with van der Waals surface area (Å²) in [5, 5.41) is 0. The van der Waals surface area contributed by atoms with E-state index in [-0.39, 0.29) is 37.7 Å². The molecule has 0 heterocycles. The molecule has 0 N–H and O–H groups in total. The van der Waals surface area contributed by atoms with E-state index in [2.05, 4.69) is 22.2 Å². The van der Waals surface area contributed by atoms with Gasteiger partial charge in [-0.15, -0.1) is 0 Å². The van der Waals surface area contributed by atoms with Gasteiger partial charge in [0.15, 0.2) is 0 Å². The summed E-state index contributed by atoms with van der Waals surface area (Å²) in [5.41, 5.74) is 0. The topological polar surface area (TPSA) is 133 Å². The molecule has 0 bridgehead atoms. The van der Waals surface area contributed by atoms with Gasteiger partial charge in [0.05, 0.1) is 0 Å². The van der Waals surface area contributed by atoms with Crippen LogP contribution in [0.4, 0.5) is 0 Å². The first-order valence-electron chi connectivity index (χ1n) is 20.7. The van der Waals surface area contributed by atoms with Crippen LogP contribution in [0.3, 0.4) is 0 Å². The zero-order chi connectivity index (χ0) is 37.3. The summed E-state index contributed by atoms with van der Waals surface area (Å²) >= 11 is 0. The van der Waals surface area contributed by atoms with Gasteiger partial charge in [0.1, 0.15) is 12.5 Å². The van der Waals surface area contributed by atoms with Gasteiger partial charge in [0.2, 0.25) is 0 Å². The molecule has 0 radical (unpaired) electrons. The maximum atomic E-state index is 10.2. The Morgan fingerprint density at radius 3 is 0.706 bits per heavy atom. The minimum absolute atomic E-state index is 0. The van der Waals surface area contributed by atoms with E-state index in [1.54, 1.807) is 12.2 Å². The molecule has 51 heavy (non-hydrogen) atoms. The molecule has 0 amide bonds. The summed E-state index contributed by atoms with van der Waals surface area (Å²) in [6.45, 7) is 4.53. The van der Waals surface area contributed by atoms with E-state index in [9.17, 15) is 25.9 Å². The molecule has 0 aliphatic carbocycles. The van der Waals surface area contributed by atoms with Gasteiger partial charge < -0.3 is 17.5 Å². The SMILES string of the molecule is CCCCCCCCCCCCCCCCCC/C=C/OS(=O)(=O)[O-].CCCCCCCCCCCCCCCCCC/C=C/OS(=O)(=O)[O-].[Ca+2]. The Bertz CT molecular complexity index is 864. The molecule has 0 aromatic rings. The standard InChI is InChI=1S/2C20H40O4S.Ca/c2*1-2-3-4-5-6-7-8-9-10-11-12-13-14-15-16-17-18-19-20-24-25(21,22)23;/h2*19-20H,2-18H2,1H3,(H,21,22,23);/q;;+2/p-2/b2*20-19+;. The minimum Gasteiger partial charge on any atom is -0.716 e. The van der Waals surface area contributed by atoms with Crippen molar-refractivity contribution >= 4 is 58.5 Å². The third kappa shape index (κ3) is 59.7. The maximum absolute atomic E-state index is 10.2. The molecule has 0 aliphatic heterocycles. The normalized spacial score (nSPS) is 11.8. The largest absolute Gasteiger partial charge is 2.00 e. The van der Waals surface area contributed by atoms with E-state index < -0.39 is 20.8 Å². The summed E-state index contributed by atoms with van der Waals surface area (Å²) in [6, 6.07) is 0. The van der Waals surface area contributed by atoms with Crippen LogP contribution in [0.5, 0.6) is 0 Å². The van der Waals surface area contributed by atoms with Gasteiger partial charge in [-0.3, -0.25) is 0 Å². The molecule has 11 heteroatoms. The maximum Gasteiger partial charge on any atom is 2.00 e. The smallest absolute Gasteiger partial charge is 0.716 e. The van der Waals surface area contributed by atoms with Crippen molar-refractivity contribution in [3.63, 3.8) is 0 Å². The number of hydrogen-bond donors (Lipinski definition) is 0. The van der Waals surface area contributed by atoms with Crippen molar-refractivity contribution in [2.24, 2.45) is 0 Å². The van der Waals surface area contributed by atoms with Gasteiger partial charge in [-0.05, 0) is 37.8 Å². The zero-order valence-electron chi connectivity index (χ0n) is 33.1. The van der Waals surface area contributed by atoms with Crippen LogP contribution in [-0.2, 0) is 29.2 Å². The monoisotopic (exact) mass is 790 g/mol. The predicted octanol–water partition coefficient (Wildman–Crippen LogP) is 12.9. The first kappa shape index (κ1) is 55.5. The van der Waals surface area contributed by atoms with Crippen LogP contribution in [0.2, 0.25) is 0 Å². The summed E-state index contributed by atoms with van der Waals surface area (Å²) in [7, 11) is -9.17. The molecular formula is C40H78CaO8S2. The second kappa shape index (κ2) is 44.6. The van der Waals surface area contributed by atoms with Gasteiger partial charge in [0.25, 0.3) is 20.8 Å². The van der Waals surface area contributed by atoms with Crippen LogP contribution in [0.25, 0.3) is 0 Å². The molecule has 8 nitrogen and oxygen atoms in total. The fourth-order valence-corrected chi connectivity index (χ4v) is 6.40. The van der Waals surface area contributed by atoms with E-state index in [0.717, 1.165) is 51.0 Å². The fraction of sp³-hybridized carbons (Fsp3) is 0.900. The number of rotatable bonds is 38. The van der Waals surface area contributed by atoms with Crippen LogP contribution in [0.1, 0.15) is 232 Å². The van der Waals surface area contributed by atoms with Gasteiger partial charge in [-0.25, -0.2) is 16.8 Å². The van der Waals surface area contributed by atoms with E-state index >= 15 is 0 Å². The first-order chi connectivity index (χ1) is 24.1. The Morgan fingerprint density at radius 1 is 0.353 bits per heavy atom. The van der Waals surface area contributed by atoms with Crippen LogP contribution >= 0.6 is 0 Å². The number of hydrogen-bond acceptors (Lipinski definition) is 8. The Labute approximate surface area is 347 Å². The number of allylic oxidation sites excluding steroid dienone is 2. The van der Waals surface area contributed by atoms with Crippen molar-refractivity contribution in [1.82, 2.24) is 0 Å². The van der Waals surface area contributed by atoms with Crippen LogP contribution in [0.15, 0.2) is 24.7 Å². The fourth-order valence-electron chi connectivity index (χ4n) is 5.97. The molecule has 300 valence electrons. The van der Waals surface area contributed by atoms with E-state index in [1.165, 1.54) is 180 Å². The van der Waals surface area contributed by atoms with Gasteiger partial charge in [-0.1, -0.05) is 206 Å². The summed E-state index contributed by atoms with van der Waals surface area (Å²) < 4.78 is 69.1. The third-order valence-corrected chi connectivity index (χ3v) is 9.68. The van der Waals surface area contributed by atoms with E-state index in [1.807, 2.05) is 0 Å². The molecule has 0 saturated carbocycles. The molecule has 0 atom stereocenters. The zero-order valence-corrected chi connectivity index (χ0v) is 37.0. The molecule has 0 aromatic heterocycles. The first-order valence-corrected chi connectivity index (χ1v) is 23.4. The Morgan fingerprint density at radius 2 is 0.529 bits per heavy atom. The van der Waals surface area contributed by atoms with Crippen LogP contribution in [-0.4, -0.2) is 63.7 Å². The molecule has 0 spiro atoms. The van der Waals surface area contributed by atoms with Gasteiger partial charge in [-0.2, -0.15) is 0 Å². The van der Waals surface area contributed by atoms with E-state index in [0.29, 0.717) is 0 Å². The molecule has 0 unspecified atom stereocenters. The van der Waals surface area contributed by atoms with Crippen molar-refractivity contribution in [3.8, 4) is 0 Å².